The molecule has 6 heterocycles. The summed E-state index contributed by atoms with van der Waals surface area (Å²) in [5, 5.41) is 11.1. The van der Waals surface area contributed by atoms with Crippen molar-refractivity contribution < 1.29 is 46.7 Å². The van der Waals surface area contributed by atoms with Gasteiger partial charge in [-0.25, -0.2) is 14.5 Å². The number of phosphoric acid groups is 1. The van der Waals surface area contributed by atoms with Crippen molar-refractivity contribution >= 4 is 85.0 Å². The maximum Gasteiger partial charge on any atom is 0.472 e. The van der Waals surface area contributed by atoms with Crippen LogP contribution < -0.4 is 11.5 Å². The van der Waals surface area contributed by atoms with Crippen LogP contribution in [0.3, 0.4) is 0 Å². The van der Waals surface area contributed by atoms with E-state index in [1.807, 2.05) is 0 Å². The first kappa shape index (κ1) is 53.8. The summed E-state index contributed by atoms with van der Waals surface area (Å²) in [5.74, 6) is 4.52. The van der Waals surface area contributed by atoms with Gasteiger partial charge in [0, 0.05) is 20.0 Å². The van der Waals surface area contributed by atoms with E-state index >= 15 is 0 Å². The number of allylic oxidation sites excluding steroid dienone is 1. The van der Waals surface area contributed by atoms with E-state index in [1.165, 1.54) is 70.3 Å². The smallest absolute Gasteiger partial charge is 0.390 e. The average Bonchev–Trinajstić information content (AvgIpc) is 4.17. The van der Waals surface area contributed by atoms with E-state index in [9.17, 15) is 14.6 Å². The number of aliphatic hydroxyl groups excluding tert-OH is 1. The van der Waals surface area contributed by atoms with Gasteiger partial charge in [0.25, 0.3) is 0 Å². The highest BCUT2D eigenvalue weighted by Gasteiger charge is 2.59. The molecule has 0 radical (unpaired) electrons. The number of hydrogen-bond acceptors (Lipinski definition) is 18. The average molecular weight is 1110 g/mol. The molecule has 5 fully saturated rings. The SMILES string of the molecule is COP(=S)(OC[C@H]1O[C@@H](n2cnc3c(=S)[nH]c(N)nc32)CC1O)OC1C[C@H](n2cnc3c(=S)[nH]c(N)nc32)O[C@@H]1COP(=O)(O)O[C@H]1CC[C@@]2(C)C(=CC[C@H]3[C@@H]4CC[C@H]([C@H](C)CCCC(C)C)[C@@]4(C)CC[C@@H]32)C1. The van der Waals surface area contributed by atoms with E-state index in [0.29, 0.717) is 61.7 Å². The van der Waals surface area contributed by atoms with E-state index in [0.717, 1.165) is 36.5 Å². The number of nitrogens with one attached hydrogen (secondary N) is 2. The second kappa shape index (κ2) is 21.0. The predicted octanol–water partition coefficient (Wildman–Crippen LogP) is 9.91. The third kappa shape index (κ3) is 10.6. The van der Waals surface area contributed by atoms with Gasteiger partial charge in [0.1, 0.15) is 45.0 Å². The van der Waals surface area contributed by atoms with Crippen molar-refractivity contribution in [2.45, 2.75) is 161 Å². The highest BCUT2D eigenvalue weighted by molar-refractivity contribution is 8.07. The Balaban J connectivity index is 0.797. The number of aliphatic hydroxyl groups is 1. The molecule has 4 aliphatic carbocycles. The van der Waals surface area contributed by atoms with Crippen molar-refractivity contribution in [2.75, 3.05) is 31.8 Å². The largest absolute Gasteiger partial charge is 0.472 e. The third-order valence-electron chi connectivity index (χ3n) is 17.7. The molecule has 0 aromatic carbocycles. The summed E-state index contributed by atoms with van der Waals surface area (Å²) in [6.07, 6.45) is 12.5. The second-order valence-corrected chi connectivity index (χ2v) is 27.7. The number of hydrogen-bond donors (Lipinski definition) is 6. The minimum Gasteiger partial charge on any atom is -0.390 e. The lowest BCUT2D eigenvalue weighted by Crippen LogP contribution is -2.51. The molecule has 8 N–H and O–H groups in total. The Bertz CT molecular complexity index is 2940. The van der Waals surface area contributed by atoms with Crippen LogP contribution in [0.5, 0.6) is 0 Å². The lowest BCUT2D eigenvalue weighted by molar-refractivity contribution is -0.0608. The molecule has 4 unspecified atom stereocenters. The highest BCUT2D eigenvalue weighted by Crippen LogP contribution is 2.68. The van der Waals surface area contributed by atoms with Crippen LogP contribution in [0.2, 0.25) is 0 Å². The maximum absolute atomic E-state index is 14.0. The summed E-state index contributed by atoms with van der Waals surface area (Å²) < 4.78 is 60.9. The summed E-state index contributed by atoms with van der Waals surface area (Å²) in [7, 11) is -3.28. The number of H-pyrrole nitrogens is 2. The van der Waals surface area contributed by atoms with E-state index in [4.69, 9.17) is 79.8 Å². The number of nitrogens with two attached hydrogens (primary N) is 2. The predicted molar refractivity (Wildman–Crippen MR) is 283 cm³/mol. The van der Waals surface area contributed by atoms with Crippen LogP contribution in [0.1, 0.15) is 131 Å². The quantitative estimate of drug-likeness (QED) is 0.0307. The Morgan fingerprint density at radius 3 is 2.18 bits per heavy atom. The number of ether oxygens (including phenoxy) is 2. The first-order chi connectivity index (χ1) is 34.7. The molecule has 16 atom stereocenters. The lowest BCUT2D eigenvalue weighted by Gasteiger charge is -2.58. The van der Waals surface area contributed by atoms with Gasteiger partial charge in [-0.2, -0.15) is 9.97 Å². The number of rotatable bonds is 18. The standard InChI is InChI=1S/C48H72N10O10P2S3/c1-25(2)8-7-9-26(3)30-12-13-31-29-11-10-27-18-28(14-16-47(27,4)32(29)15-17-48(30,31)5)67-69(60,61)63-22-36-34(20-38(66-36)58-24-52-40-42(58)54-46(50)56-44(40)72)68-70(73,62-6)64-21-35-33(59)19-37(65-35)57-23-51-39-41(57)53-45(49)55-43(39)71/h10,23-26,28-38,59H,7-9,11-22H2,1-6H3,(H,60,61)(H3,49,53,55,71)(H3,50,54,56,72)/t26-,28+,29+,30-,31+,32+,33?,34?,35-,36-,37-,38-,47+,48-,70?/m1/s1. The van der Waals surface area contributed by atoms with Gasteiger partial charge >= 0.3 is 14.5 Å². The highest BCUT2D eigenvalue weighted by atomic mass is 32.5. The molecule has 0 bridgehead atoms. The molecule has 3 saturated carbocycles. The van der Waals surface area contributed by atoms with Gasteiger partial charge in [0.15, 0.2) is 11.3 Å². The molecular weight excluding hydrogens is 1030 g/mol. The molecule has 0 spiro atoms. The number of nitrogen functional groups attached to an aromatic ring is 2. The zero-order valence-corrected chi connectivity index (χ0v) is 46.7. The number of phosphoric ester groups is 1. The number of nitrogens with zero attached hydrogens (tertiary/aromatic N) is 6. The maximum atomic E-state index is 14.0. The molecule has 0 amide bonds. The molecule has 402 valence electrons. The van der Waals surface area contributed by atoms with Crippen LogP contribution in [-0.4, -0.2) is 99.9 Å². The van der Waals surface area contributed by atoms with Crippen LogP contribution in [0.15, 0.2) is 24.3 Å². The molecule has 6 aliphatic rings. The van der Waals surface area contributed by atoms with Crippen LogP contribution in [0, 0.1) is 55.6 Å². The van der Waals surface area contributed by atoms with Crippen LogP contribution in [0.25, 0.3) is 22.3 Å². The topological polar surface area (TPSA) is 267 Å². The van der Waals surface area contributed by atoms with Crippen LogP contribution in [-0.2, 0) is 48.5 Å². The number of imidazole rings is 2. The first-order valence-corrected chi connectivity index (χ1v) is 30.8. The van der Waals surface area contributed by atoms with Gasteiger partial charge in [-0.1, -0.05) is 90.0 Å². The fraction of sp³-hybridized carbons (Fsp3) is 0.750. The molecule has 2 saturated heterocycles. The van der Waals surface area contributed by atoms with Gasteiger partial charge in [0.2, 0.25) is 11.9 Å². The van der Waals surface area contributed by atoms with E-state index in [1.54, 1.807) is 9.13 Å². The Morgan fingerprint density at radius 1 is 0.877 bits per heavy atom. The Labute approximate surface area is 441 Å². The molecule has 73 heavy (non-hydrogen) atoms. The van der Waals surface area contributed by atoms with E-state index in [2.05, 4.69) is 70.6 Å². The summed E-state index contributed by atoms with van der Waals surface area (Å²) in [6, 6.07) is 0. The van der Waals surface area contributed by atoms with Gasteiger partial charge in [-0.15, -0.1) is 0 Å². The minimum atomic E-state index is -4.64. The normalized spacial score (nSPS) is 35.4. The lowest BCUT2D eigenvalue weighted by atomic mass is 9.47. The van der Waals surface area contributed by atoms with Crippen molar-refractivity contribution in [2.24, 2.45) is 46.3 Å². The fourth-order valence-corrected chi connectivity index (χ4v) is 17.2. The van der Waals surface area contributed by atoms with Crippen molar-refractivity contribution in [1.29, 1.82) is 0 Å². The summed E-state index contributed by atoms with van der Waals surface area (Å²) in [5.41, 5.74) is 15.4. The zero-order valence-electron chi connectivity index (χ0n) is 42.5. The van der Waals surface area contributed by atoms with Crippen molar-refractivity contribution in [1.82, 2.24) is 39.0 Å². The third-order valence-corrected chi connectivity index (χ3v) is 21.8. The van der Waals surface area contributed by atoms with Crippen LogP contribution in [0.4, 0.5) is 11.9 Å². The Kier molecular flexibility index (Phi) is 15.5. The van der Waals surface area contributed by atoms with E-state index < -0.39 is 64.1 Å². The summed E-state index contributed by atoms with van der Waals surface area (Å²) >= 11 is 16.7. The zero-order chi connectivity index (χ0) is 51.8. The molecule has 4 aromatic heterocycles. The van der Waals surface area contributed by atoms with Crippen LogP contribution >= 0.6 is 39.0 Å². The number of anilines is 2. The fourth-order valence-electron chi connectivity index (χ4n) is 14.1. The molecular formula is C48H72N10O10P2S3. The monoisotopic (exact) mass is 1110 g/mol. The number of aromatic amines is 2. The van der Waals surface area contributed by atoms with E-state index in [-0.39, 0.29) is 36.8 Å². The van der Waals surface area contributed by atoms with Crippen molar-refractivity contribution in [3.8, 4) is 0 Å². The molecule has 2 aliphatic heterocycles. The number of aromatic nitrogens is 8. The minimum absolute atomic E-state index is 0.0345. The molecule has 20 nitrogen and oxygen atoms in total. The summed E-state index contributed by atoms with van der Waals surface area (Å²) in [4.78, 5) is 34.6. The molecule has 4 aromatic rings. The second-order valence-electron chi connectivity index (χ2n) is 22.4. The molecule has 10 rings (SSSR count). The van der Waals surface area contributed by atoms with Gasteiger partial charge in [0.05, 0.1) is 44.2 Å². The summed E-state index contributed by atoms with van der Waals surface area (Å²) in [6.45, 7) is 8.02. The van der Waals surface area contributed by atoms with Crippen molar-refractivity contribution in [3.63, 3.8) is 0 Å². The van der Waals surface area contributed by atoms with Gasteiger partial charge in [-0.3, -0.25) is 18.2 Å². The van der Waals surface area contributed by atoms with Gasteiger partial charge in [-0.05, 0) is 110 Å². The first-order valence-electron chi connectivity index (χ1n) is 25.9. The molecule has 25 heteroatoms. The van der Waals surface area contributed by atoms with Crippen molar-refractivity contribution in [3.05, 3.63) is 33.6 Å². The van der Waals surface area contributed by atoms with Gasteiger partial charge < -0.3 is 54.5 Å². The Hall–Kier alpha value is -2.60. The number of fused-ring (bicyclic) bond motifs is 7. The Morgan fingerprint density at radius 2 is 1.52 bits per heavy atom.